The van der Waals surface area contributed by atoms with Gasteiger partial charge < -0.3 is 4.74 Å². The van der Waals surface area contributed by atoms with E-state index in [0.29, 0.717) is 12.1 Å². The van der Waals surface area contributed by atoms with Crippen molar-refractivity contribution in [2.24, 2.45) is 0 Å². The van der Waals surface area contributed by atoms with Crippen molar-refractivity contribution >= 4 is 11.8 Å². The zero-order valence-electron chi connectivity index (χ0n) is 10.1. The van der Waals surface area contributed by atoms with Crippen LogP contribution in [0.5, 0.6) is 0 Å². The lowest BCUT2D eigenvalue weighted by molar-refractivity contribution is -0.0755. The normalized spacial score (nSPS) is 29.2. The summed E-state index contributed by atoms with van der Waals surface area (Å²) >= 11 is 0. The molecule has 1 amide bonds. The van der Waals surface area contributed by atoms with Gasteiger partial charge in [-0.1, -0.05) is 18.2 Å². The molecular formula is C13H12FN3O2. The van der Waals surface area contributed by atoms with E-state index in [1.54, 1.807) is 12.1 Å². The number of ether oxygens (including phenoxy) is 1. The van der Waals surface area contributed by atoms with Gasteiger partial charge in [0, 0.05) is 24.9 Å². The molecule has 3 rings (SSSR count). The van der Waals surface area contributed by atoms with Crippen LogP contribution in [0.4, 0.5) is 14.9 Å². The number of amides is 1. The molecule has 1 aromatic rings. The van der Waals surface area contributed by atoms with E-state index in [4.69, 9.17) is 10.00 Å². The number of benzene rings is 1. The van der Waals surface area contributed by atoms with Crippen molar-refractivity contribution in [1.29, 1.82) is 5.26 Å². The molecular weight excluding hydrogens is 249 g/mol. The summed E-state index contributed by atoms with van der Waals surface area (Å²) in [4.78, 5) is 12.7. The predicted molar refractivity (Wildman–Crippen MR) is 64.7 cm³/mol. The number of carbonyl (C=O) groups is 1. The van der Waals surface area contributed by atoms with E-state index in [2.05, 4.69) is 5.32 Å². The lowest BCUT2D eigenvalue weighted by atomic mass is 9.82. The van der Waals surface area contributed by atoms with E-state index in [1.807, 2.05) is 18.3 Å². The first-order chi connectivity index (χ1) is 9.14. The Kier molecular flexibility index (Phi) is 2.56. The van der Waals surface area contributed by atoms with E-state index >= 15 is 0 Å². The van der Waals surface area contributed by atoms with Crippen LogP contribution in [0.1, 0.15) is 18.4 Å². The Morgan fingerprint density at radius 3 is 3.05 bits per heavy atom. The standard InChI is InChI=1S/C13H12FN3O2/c14-11-7-13(5-6-17(11)8-15)9-3-1-2-4-10(9)16-12(18)19-13/h1-4,11H,5-7H2,(H,16,18). The number of nitrogens with zero attached hydrogens (tertiary/aromatic N) is 2. The monoisotopic (exact) mass is 261 g/mol. The number of anilines is 1. The molecule has 0 bridgehead atoms. The number of nitrogens with one attached hydrogen (secondary N) is 1. The first kappa shape index (κ1) is 11.8. The van der Waals surface area contributed by atoms with Gasteiger partial charge in [-0.05, 0) is 6.07 Å². The third-order valence-corrected chi connectivity index (χ3v) is 3.66. The third kappa shape index (κ3) is 1.78. The highest BCUT2D eigenvalue weighted by Gasteiger charge is 2.48. The Bertz CT molecular complexity index is 571. The van der Waals surface area contributed by atoms with Gasteiger partial charge >= 0.3 is 6.09 Å². The maximum atomic E-state index is 14.0. The molecule has 2 unspecified atom stereocenters. The Morgan fingerprint density at radius 1 is 1.53 bits per heavy atom. The van der Waals surface area contributed by atoms with Crippen LogP contribution in [-0.4, -0.2) is 23.8 Å². The highest BCUT2D eigenvalue weighted by Crippen LogP contribution is 2.45. The van der Waals surface area contributed by atoms with Crippen molar-refractivity contribution in [1.82, 2.24) is 4.90 Å². The molecule has 1 N–H and O–H groups in total. The van der Waals surface area contributed by atoms with Gasteiger partial charge in [0.2, 0.25) is 0 Å². The van der Waals surface area contributed by atoms with Crippen LogP contribution in [0.25, 0.3) is 0 Å². The Morgan fingerprint density at radius 2 is 2.32 bits per heavy atom. The molecule has 1 saturated heterocycles. The van der Waals surface area contributed by atoms with Gasteiger partial charge in [-0.25, -0.2) is 9.18 Å². The largest absolute Gasteiger partial charge is 0.437 e. The van der Waals surface area contributed by atoms with E-state index in [9.17, 15) is 9.18 Å². The molecule has 2 atom stereocenters. The summed E-state index contributed by atoms with van der Waals surface area (Å²) in [5, 5.41) is 11.4. The third-order valence-electron chi connectivity index (χ3n) is 3.66. The number of piperidine rings is 1. The molecule has 5 nitrogen and oxygen atoms in total. The molecule has 2 aliphatic heterocycles. The smallest absolute Gasteiger partial charge is 0.412 e. The molecule has 98 valence electrons. The summed E-state index contributed by atoms with van der Waals surface area (Å²) in [5.74, 6) is 0. The van der Waals surface area contributed by atoms with Crippen LogP contribution in [0.2, 0.25) is 0 Å². The van der Waals surface area contributed by atoms with Gasteiger partial charge in [0.25, 0.3) is 0 Å². The molecule has 2 aliphatic rings. The molecule has 0 saturated carbocycles. The van der Waals surface area contributed by atoms with Crippen LogP contribution in [0.15, 0.2) is 24.3 Å². The first-order valence-corrected chi connectivity index (χ1v) is 6.04. The van der Waals surface area contributed by atoms with Gasteiger partial charge in [0.15, 0.2) is 12.5 Å². The van der Waals surface area contributed by atoms with Crippen LogP contribution >= 0.6 is 0 Å². The number of para-hydroxylation sites is 1. The zero-order valence-corrected chi connectivity index (χ0v) is 10.1. The Hall–Kier alpha value is -2.29. The molecule has 1 spiro atoms. The van der Waals surface area contributed by atoms with Crippen LogP contribution in [0, 0.1) is 11.5 Å². The molecule has 0 radical (unpaired) electrons. The van der Waals surface area contributed by atoms with E-state index in [0.717, 1.165) is 10.5 Å². The quantitative estimate of drug-likeness (QED) is 0.575. The van der Waals surface area contributed by atoms with Gasteiger partial charge in [-0.2, -0.15) is 5.26 Å². The number of likely N-dealkylation sites (tertiary alicyclic amines) is 1. The molecule has 1 fully saturated rings. The average molecular weight is 261 g/mol. The summed E-state index contributed by atoms with van der Waals surface area (Å²) in [7, 11) is 0. The maximum absolute atomic E-state index is 14.0. The van der Waals surface area contributed by atoms with Crippen molar-refractivity contribution in [2.75, 3.05) is 11.9 Å². The van der Waals surface area contributed by atoms with Crippen molar-refractivity contribution in [3.05, 3.63) is 29.8 Å². The summed E-state index contributed by atoms with van der Waals surface area (Å²) in [5.41, 5.74) is 0.456. The number of hydrogen-bond donors (Lipinski definition) is 1. The van der Waals surface area contributed by atoms with Crippen molar-refractivity contribution < 1.29 is 13.9 Å². The maximum Gasteiger partial charge on any atom is 0.412 e. The number of carbonyl (C=O) groups excluding carboxylic acids is 1. The van der Waals surface area contributed by atoms with E-state index in [-0.39, 0.29) is 13.0 Å². The molecule has 6 heteroatoms. The SMILES string of the molecule is N#CN1CCC2(CC1F)OC(=O)Nc1ccccc12. The van der Waals surface area contributed by atoms with Gasteiger partial charge in [-0.15, -0.1) is 0 Å². The predicted octanol–water partition coefficient (Wildman–Crippen LogP) is 2.32. The number of halogens is 1. The second-order valence-electron chi connectivity index (χ2n) is 4.74. The second kappa shape index (κ2) is 4.12. The lowest BCUT2D eigenvalue weighted by Crippen LogP contribution is -2.50. The fraction of sp³-hybridized carbons (Fsp3) is 0.385. The number of hydrogen-bond acceptors (Lipinski definition) is 4. The van der Waals surface area contributed by atoms with E-state index < -0.39 is 18.0 Å². The lowest BCUT2D eigenvalue weighted by Gasteiger charge is -2.44. The van der Waals surface area contributed by atoms with Crippen LogP contribution in [-0.2, 0) is 10.3 Å². The second-order valence-corrected chi connectivity index (χ2v) is 4.74. The zero-order chi connectivity index (χ0) is 13.5. The van der Waals surface area contributed by atoms with Crippen molar-refractivity contribution in [2.45, 2.75) is 24.7 Å². The minimum absolute atomic E-state index is 0.0228. The summed E-state index contributed by atoms with van der Waals surface area (Å²) in [6.07, 6.45) is 0.193. The fourth-order valence-electron chi connectivity index (χ4n) is 2.73. The minimum atomic E-state index is -1.43. The number of rotatable bonds is 0. The van der Waals surface area contributed by atoms with Crippen LogP contribution < -0.4 is 5.32 Å². The molecule has 19 heavy (non-hydrogen) atoms. The van der Waals surface area contributed by atoms with E-state index in [1.165, 1.54) is 0 Å². The molecule has 1 aromatic carbocycles. The van der Waals surface area contributed by atoms with Crippen molar-refractivity contribution in [3.8, 4) is 6.19 Å². The summed E-state index contributed by atoms with van der Waals surface area (Å²) < 4.78 is 19.4. The fourth-order valence-corrected chi connectivity index (χ4v) is 2.73. The van der Waals surface area contributed by atoms with Crippen molar-refractivity contribution in [3.63, 3.8) is 0 Å². The Balaban J connectivity index is 2.01. The van der Waals surface area contributed by atoms with Gasteiger partial charge in [0.05, 0.1) is 5.69 Å². The topological polar surface area (TPSA) is 65.4 Å². The molecule has 0 aliphatic carbocycles. The summed E-state index contributed by atoms with van der Waals surface area (Å²) in [6, 6.07) is 7.21. The highest BCUT2D eigenvalue weighted by atomic mass is 19.1. The minimum Gasteiger partial charge on any atom is -0.437 e. The first-order valence-electron chi connectivity index (χ1n) is 6.04. The average Bonchev–Trinajstić information content (AvgIpc) is 2.39. The van der Waals surface area contributed by atoms with Gasteiger partial charge in [-0.3, -0.25) is 10.2 Å². The number of alkyl halides is 1. The number of nitriles is 1. The molecule has 0 aromatic heterocycles. The van der Waals surface area contributed by atoms with Gasteiger partial charge in [0.1, 0.15) is 5.60 Å². The molecule has 2 heterocycles. The number of fused-ring (bicyclic) bond motifs is 2. The summed E-state index contributed by atoms with van der Waals surface area (Å²) in [6.45, 7) is 0.235. The van der Waals surface area contributed by atoms with Crippen LogP contribution in [0.3, 0.4) is 0 Å². The Labute approximate surface area is 109 Å². The highest BCUT2D eigenvalue weighted by molar-refractivity contribution is 5.88.